The van der Waals surface area contributed by atoms with E-state index in [-0.39, 0.29) is 11.9 Å². The molecule has 1 aliphatic heterocycles. The molecule has 3 aromatic rings. The fourth-order valence-corrected chi connectivity index (χ4v) is 4.86. The van der Waals surface area contributed by atoms with Crippen LogP contribution in [-0.2, 0) is 22.6 Å². The summed E-state index contributed by atoms with van der Waals surface area (Å²) in [5.41, 5.74) is 2.80. The highest BCUT2D eigenvalue weighted by atomic mass is 16.5. The maximum atomic E-state index is 12.6. The lowest BCUT2D eigenvalue weighted by atomic mass is 9.75. The van der Waals surface area contributed by atoms with Crippen molar-refractivity contribution in [1.29, 1.82) is 0 Å². The molecule has 5 rings (SSSR count). The number of carbonyl (C=O) groups is 1. The Bertz CT molecular complexity index is 1140. The first-order chi connectivity index (χ1) is 15.6. The van der Waals surface area contributed by atoms with Gasteiger partial charge in [0.15, 0.2) is 0 Å². The first-order valence-electron chi connectivity index (χ1n) is 11.0. The number of rotatable bonds is 7. The van der Waals surface area contributed by atoms with E-state index in [1.807, 2.05) is 72.8 Å². The average Bonchev–Trinajstić information content (AvgIpc) is 3.27. The molecule has 162 valence electrons. The second kappa shape index (κ2) is 8.54. The van der Waals surface area contributed by atoms with Gasteiger partial charge in [-0.3, -0.25) is 4.79 Å². The van der Waals surface area contributed by atoms with Gasteiger partial charge in [0.25, 0.3) is 0 Å². The number of carbonyl (C=O) groups excluding carboxylic acids is 1. The number of para-hydroxylation sites is 1. The van der Waals surface area contributed by atoms with Gasteiger partial charge in [0.2, 0.25) is 0 Å². The minimum absolute atomic E-state index is 0.0808. The van der Waals surface area contributed by atoms with Crippen molar-refractivity contribution in [3.8, 4) is 17.2 Å². The Morgan fingerprint density at radius 2 is 1.62 bits per heavy atom. The van der Waals surface area contributed by atoms with Crippen LogP contribution in [0.1, 0.15) is 24.0 Å². The lowest BCUT2D eigenvalue weighted by molar-refractivity contribution is -0.146. The first-order valence-corrected chi connectivity index (χ1v) is 11.0. The SMILES string of the molecule is C=C1CC2COC(=O)C2(Cc2cccc(OCc3cccc(Oc4ccccc4)c3)c2)C1. The van der Waals surface area contributed by atoms with E-state index in [1.165, 1.54) is 0 Å². The van der Waals surface area contributed by atoms with Gasteiger partial charge in [0.05, 0.1) is 12.0 Å². The molecule has 4 heteroatoms. The highest BCUT2D eigenvalue weighted by Crippen LogP contribution is 2.52. The Morgan fingerprint density at radius 1 is 0.906 bits per heavy atom. The van der Waals surface area contributed by atoms with Gasteiger partial charge in [0, 0.05) is 5.92 Å². The number of cyclic esters (lactones) is 1. The molecular formula is C28H26O4. The number of ether oxygens (including phenoxy) is 3. The van der Waals surface area contributed by atoms with E-state index in [1.54, 1.807) is 0 Å². The van der Waals surface area contributed by atoms with Crippen LogP contribution in [0.4, 0.5) is 0 Å². The van der Waals surface area contributed by atoms with Crippen LogP contribution >= 0.6 is 0 Å². The summed E-state index contributed by atoms with van der Waals surface area (Å²) in [5, 5.41) is 0. The van der Waals surface area contributed by atoms with Gasteiger partial charge in [0.1, 0.15) is 23.9 Å². The summed E-state index contributed by atoms with van der Waals surface area (Å²) in [7, 11) is 0. The molecule has 3 aromatic carbocycles. The highest BCUT2D eigenvalue weighted by Gasteiger charge is 2.55. The molecule has 2 unspecified atom stereocenters. The highest BCUT2D eigenvalue weighted by molar-refractivity contribution is 5.81. The third-order valence-electron chi connectivity index (χ3n) is 6.41. The van der Waals surface area contributed by atoms with Crippen LogP contribution < -0.4 is 9.47 Å². The normalized spacial score (nSPS) is 21.8. The van der Waals surface area contributed by atoms with Gasteiger partial charge in [-0.2, -0.15) is 0 Å². The molecular weight excluding hydrogens is 400 g/mol. The van der Waals surface area contributed by atoms with Gasteiger partial charge in [-0.15, -0.1) is 0 Å². The number of hydrogen-bond acceptors (Lipinski definition) is 4. The van der Waals surface area contributed by atoms with Crippen LogP contribution in [0.15, 0.2) is 91.0 Å². The van der Waals surface area contributed by atoms with Gasteiger partial charge < -0.3 is 14.2 Å². The zero-order valence-corrected chi connectivity index (χ0v) is 18.0. The molecule has 1 saturated carbocycles. The molecule has 2 atom stereocenters. The summed E-state index contributed by atoms with van der Waals surface area (Å²) in [6.07, 6.45) is 2.26. The van der Waals surface area contributed by atoms with Crippen molar-refractivity contribution in [2.45, 2.75) is 25.9 Å². The smallest absolute Gasteiger partial charge is 0.313 e. The van der Waals surface area contributed by atoms with Crippen molar-refractivity contribution >= 4 is 5.97 Å². The van der Waals surface area contributed by atoms with Crippen molar-refractivity contribution < 1.29 is 19.0 Å². The zero-order chi connectivity index (χ0) is 22.0. The fourth-order valence-electron chi connectivity index (χ4n) is 4.86. The summed E-state index contributed by atoms with van der Waals surface area (Å²) in [4.78, 5) is 12.6. The van der Waals surface area contributed by atoms with E-state index in [0.29, 0.717) is 19.6 Å². The number of hydrogen-bond donors (Lipinski definition) is 0. The maximum Gasteiger partial charge on any atom is 0.313 e. The van der Waals surface area contributed by atoms with Crippen molar-refractivity contribution in [1.82, 2.24) is 0 Å². The van der Waals surface area contributed by atoms with Gasteiger partial charge >= 0.3 is 5.97 Å². The molecule has 1 aliphatic carbocycles. The lowest BCUT2D eigenvalue weighted by Gasteiger charge is -2.24. The molecule has 4 nitrogen and oxygen atoms in total. The van der Waals surface area contributed by atoms with Crippen LogP contribution in [0.2, 0.25) is 0 Å². The molecule has 0 spiro atoms. The molecule has 0 amide bonds. The third kappa shape index (κ3) is 4.13. The number of allylic oxidation sites excluding steroid dienone is 1. The van der Waals surface area contributed by atoms with E-state index in [9.17, 15) is 4.79 Å². The van der Waals surface area contributed by atoms with Gasteiger partial charge in [-0.25, -0.2) is 0 Å². The number of fused-ring (bicyclic) bond motifs is 1. The van der Waals surface area contributed by atoms with E-state index in [2.05, 4.69) is 12.6 Å². The van der Waals surface area contributed by atoms with Crippen molar-refractivity contribution in [3.05, 3.63) is 102 Å². The maximum absolute atomic E-state index is 12.6. The van der Waals surface area contributed by atoms with Crippen LogP contribution in [0.5, 0.6) is 17.2 Å². The number of benzene rings is 3. The molecule has 2 aliphatic rings. The Morgan fingerprint density at radius 3 is 2.47 bits per heavy atom. The second-order valence-corrected chi connectivity index (χ2v) is 8.76. The number of esters is 1. The molecule has 0 N–H and O–H groups in total. The Labute approximate surface area is 188 Å². The van der Waals surface area contributed by atoms with Crippen LogP contribution in [0, 0.1) is 11.3 Å². The lowest BCUT2D eigenvalue weighted by Crippen LogP contribution is -2.31. The van der Waals surface area contributed by atoms with E-state index < -0.39 is 5.41 Å². The minimum Gasteiger partial charge on any atom is -0.489 e. The standard InChI is InChI=1S/C28H26O4/c1-20-13-23-19-31-27(29)28(23,16-20)17-21-7-5-11-25(14-21)30-18-22-8-6-12-26(15-22)32-24-9-3-2-4-10-24/h2-12,14-15,23H,1,13,16-19H2. The monoisotopic (exact) mass is 426 g/mol. The largest absolute Gasteiger partial charge is 0.489 e. The summed E-state index contributed by atoms with van der Waals surface area (Å²) in [6, 6.07) is 25.6. The van der Waals surface area contributed by atoms with Crippen molar-refractivity contribution in [2.24, 2.45) is 11.3 Å². The molecule has 1 saturated heterocycles. The zero-order valence-electron chi connectivity index (χ0n) is 18.0. The molecule has 0 radical (unpaired) electrons. The summed E-state index contributed by atoms with van der Waals surface area (Å²) in [6.45, 7) is 5.07. The third-order valence-corrected chi connectivity index (χ3v) is 6.41. The second-order valence-electron chi connectivity index (χ2n) is 8.76. The Hall–Kier alpha value is -3.53. The van der Waals surface area contributed by atoms with Crippen LogP contribution in [-0.4, -0.2) is 12.6 Å². The molecule has 2 fully saturated rings. The quantitative estimate of drug-likeness (QED) is 0.338. The fraction of sp³-hybridized carbons (Fsp3) is 0.250. The molecule has 1 heterocycles. The van der Waals surface area contributed by atoms with Crippen molar-refractivity contribution in [2.75, 3.05) is 6.61 Å². The summed E-state index contributed by atoms with van der Waals surface area (Å²) >= 11 is 0. The minimum atomic E-state index is -0.460. The molecule has 0 aromatic heterocycles. The Kier molecular flexibility index (Phi) is 5.44. The predicted molar refractivity (Wildman–Crippen MR) is 123 cm³/mol. The first kappa shape index (κ1) is 20.4. The Balaban J connectivity index is 1.26. The van der Waals surface area contributed by atoms with Crippen LogP contribution in [0.25, 0.3) is 0 Å². The summed E-state index contributed by atoms with van der Waals surface area (Å²) in [5.74, 6) is 2.52. The van der Waals surface area contributed by atoms with Gasteiger partial charge in [-0.05, 0) is 66.8 Å². The predicted octanol–water partition coefficient (Wildman–Crippen LogP) is 6.11. The van der Waals surface area contributed by atoms with E-state index in [4.69, 9.17) is 14.2 Å². The van der Waals surface area contributed by atoms with Crippen LogP contribution in [0.3, 0.4) is 0 Å². The molecule has 0 bridgehead atoms. The molecule has 32 heavy (non-hydrogen) atoms. The van der Waals surface area contributed by atoms with E-state index in [0.717, 1.165) is 46.8 Å². The van der Waals surface area contributed by atoms with E-state index >= 15 is 0 Å². The van der Waals surface area contributed by atoms with Gasteiger partial charge in [-0.1, -0.05) is 54.6 Å². The summed E-state index contributed by atoms with van der Waals surface area (Å²) < 4.78 is 17.4. The average molecular weight is 427 g/mol. The topological polar surface area (TPSA) is 44.8 Å². The van der Waals surface area contributed by atoms with Crippen molar-refractivity contribution in [3.63, 3.8) is 0 Å².